The van der Waals surface area contributed by atoms with Crippen molar-refractivity contribution in [3.63, 3.8) is 0 Å². The van der Waals surface area contributed by atoms with Crippen molar-refractivity contribution in [1.29, 1.82) is 0 Å². The molecule has 0 aliphatic carbocycles. The summed E-state index contributed by atoms with van der Waals surface area (Å²) in [5.74, 6) is -2.06. The molecular formula is C12H15F3N2O3S. The second-order valence-electron chi connectivity index (χ2n) is 4.52. The molecule has 0 aliphatic heterocycles. The van der Waals surface area contributed by atoms with Crippen LogP contribution in [0.3, 0.4) is 0 Å². The zero-order chi connectivity index (χ0) is 16.3. The molecule has 1 amide bonds. The van der Waals surface area contributed by atoms with Gasteiger partial charge >= 0.3 is 12.1 Å². The topological polar surface area (TPSA) is 81.4 Å². The summed E-state index contributed by atoms with van der Waals surface area (Å²) in [6, 6.07) is 2.33. The number of carbonyl (C=O) groups excluding carboxylic acids is 2. The van der Waals surface area contributed by atoms with E-state index in [1.165, 1.54) is 11.3 Å². The quantitative estimate of drug-likeness (QED) is 0.809. The molecule has 2 atom stereocenters. The highest BCUT2D eigenvalue weighted by Crippen LogP contribution is 2.30. The van der Waals surface area contributed by atoms with Crippen LogP contribution in [-0.4, -0.2) is 30.7 Å². The number of nitrogens with one attached hydrogen (secondary N) is 1. The van der Waals surface area contributed by atoms with E-state index in [2.05, 4.69) is 10.1 Å². The fraction of sp³-hybridized carbons (Fsp3) is 0.500. The number of hydrogen-bond donors (Lipinski definition) is 2. The second-order valence-corrected chi connectivity index (χ2v) is 5.50. The van der Waals surface area contributed by atoms with Crippen LogP contribution >= 0.6 is 11.3 Å². The molecule has 0 saturated heterocycles. The number of esters is 1. The summed E-state index contributed by atoms with van der Waals surface area (Å²) >= 11 is 1.20. The zero-order valence-corrected chi connectivity index (χ0v) is 12.2. The first-order chi connectivity index (χ1) is 9.59. The molecular weight excluding hydrogens is 309 g/mol. The molecule has 1 heterocycles. The lowest BCUT2D eigenvalue weighted by Gasteiger charge is -2.28. The lowest BCUT2D eigenvalue weighted by Crippen LogP contribution is -2.61. The Balaban J connectivity index is 2.92. The minimum Gasteiger partial charge on any atom is -0.469 e. The summed E-state index contributed by atoms with van der Waals surface area (Å²) in [6.45, 7) is 0.575. The van der Waals surface area contributed by atoms with Crippen molar-refractivity contribution in [3.05, 3.63) is 22.4 Å². The molecule has 0 saturated carbocycles. The number of amides is 1. The molecule has 9 heteroatoms. The Labute approximate surface area is 123 Å². The number of thiophene rings is 1. The lowest BCUT2D eigenvalue weighted by atomic mass is 10.0. The van der Waals surface area contributed by atoms with Gasteiger partial charge < -0.3 is 15.8 Å². The maximum absolute atomic E-state index is 12.7. The molecule has 0 radical (unpaired) electrons. The van der Waals surface area contributed by atoms with E-state index in [9.17, 15) is 22.8 Å². The fourth-order valence-electron chi connectivity index (χ4n) is 1.40. The Bertz CT molecular complexity index is 500. The van der Waals surface area contributed by atoms with Gasteiger partial charge in [-0.2, -0.15) is 13.2 Å². The third kappa shape index (κ3) is 4.18. The van der Waals surface area contributed by atoms with Crippen LogP contribution in [0.2, 0.25) is 0 Å². The number of ether oxygens (including phenoxy) is 1. The Morgan fingerprint density at radius 3 is 2.52 bits per heavy atom. The Morgan fingerprint density at radius 2 is 2.10 bits per heavy atom. The average molecular weight is 324 g/mol. The van der Waals surface area contributed by atoms with Gasteiger partial charge in [0.25, 0.3) is 0 Å². The highest BCUT2D eigenvalue weighted by Gasteiger charge is 2.54. The van der Waals surface area contributed by atoms with Crippen LogP contribution in [0.15, 0.2) is 17.5 Å². The van der Waals surface area contributed by atoms with Gasteiger partial charge in [-0.1, -0.05) is 6.07 Å². The summed E-state index contributed by atoms with van der Waals surface area (Å²) in [5.41, 5.74) is 2.01. The van der Waals surface area contributed by atoms with E-state index in [1.807, 2.05) is 0 Å². The van der Waals surface area contributed by atoms with Gasteiger partial charge in [0, 0.05) is 4.88 Å². The highest BCUT2D eigenvalue weighted by molar-refractivity contribution is 7.10. The van der Waals surface area contributed by atoms with E-state index in [0.717, 1.165) is 7.11 Å². The second kappa shape index (κ2) is 6.44. The van der Waals surface area contributed by atoms with E-state index in [4.69, 9.17) is 5.73 Å². The summed E-state index contributed by atoms with van der Waals surface area (Å²) < 4.78 is 42.7. The third-order valence-corrected chi connectivity index (χ3v) is 3.84. The number of rotatable bonds is 5. The first-order valence-electron chi connectivity index (χ1n) is 5.86. The molecule has 2 unspecified atom stereocenters. The van der Waals surface area contributed by atoms with E-state index in [0.29, 0.717) is 11.8 Å². The first kappa shape index (κ1) is 17.4. The van der Waals surface area contributed by atoms with E-state index in [1.54, 1.807) is 17.5 Å². The zero-order valence-electron chi connectivity index (χ0n) is 11.4. The minimum absolute atomic E-state index is 0.281. The number of nitrogens with two attached hydrogens (primary N) is 1. The third-order valence-electron chi connectivity index (χ3n) is 2.85. The lowest BCUT2D eigenvalue weighted by molar-refractivity contribution is -0.187. The van der Waals surface area contributed by atoms with Gasteiger partial charge in [0.15, 0.2) is 5.54 Å². The molecule has 1 aromatic heterocycles. The van der Waals surface area contributed by atoms with E-state index >= 15 is 0 Å². The van der Waals surface area contributed by atoms with Crippen LogP contribution < -0.4 is 11.1 Å². The van der Waals surface area contributed by atoms with Crippen LogP contribution in [0.5, 0.6) is 0 Å². The molecule has 1 aromatic rings. The van der Waals surface area contributed by atoms with E-state index < -0.39 is 29.6 Å². The normalized spacial score (nSPS) is 15.9. The summed E-state index contributed by atoms with van der Waals surface area (Å²) in [5, 5.41) is 3.83. The monoisotopic (exact) mass is 324 g/mol. The number of hydrogen-bond acceptors (Lipinski definition) is 5. The van der Waals surface area contributed by atoms with Gasteiger partial charge in [0.2, 0.25) is 5.91 Å². The Hall–Kier alpha value is -1.61. The molecule has 0 fully saturated rings. The maximum Gasteiger partial charge on any atom is 0.415 e. The first-order valence-corrected chi connectivity index (χ1v) is 6.74. The van der Waals surface area contributed by atoms with Gasteiger partial charge in [0.1, 0.15) is 0 Å². The molecule has 5 nitrogen and oxygen atoms in total. The Morgan fingerprint density at radius 1 is 1.48 bits per heavy atom. The number of alkyl halides is 3. The van der Waals surface area contributed by atoms with Crippen molar-refractivity contribution in [1.82, 2.24) is 5.32 Å². The predicted octanol–water partition coefficient (Wildman–Crippen LogP) is 1.75. The molecule has 118 valence electrons. The largest absolute Gasteiger partial charge is 0.469 e. The van der Waals surface area contributed by atoms with Crippen molar-refractivity contribution >= 4 is 23.2 Å². The van der Waals surface area contributed by atoms with Crippen molar-refractivity contribution in [3.8, 4) is 0 Å². The smallest absolute Gasteiger partial charge is 0.415 e. The van der Waals surface area contributed by atoms with E-state index in [-0.39, 0.29) is 6.42 Å². The van der Waals surface area contributed by atoms with Crippen LogP contribution in [-0.2, 0) is 14.3 Å². The van der Waals surface area contributed by atoms with Crippen molar-refractivity contribution in [2.24, 2.45) is 5.73 Å². The molecule has 0 aliphatic rings. The SMILES string of the molecule is COC(=O)CC(NC(=O)C(C)(N)C(F)(F)F)c1cccs1. The summed E-state index contributed by atoms with van der Waals surface area (Å²) in [4.78, 5) is 23.6. The van der Waals surface area contributed by atoms with Crippen molar-refractivity contribution in [2.45, 2.75) is 31.1 Å². The predicted molar refractivity (Wildman–Crippen MR) is 70.5 cm³/mol. The van der Waals surface area contributed by atoms with Gasteiger partial charge in [0.05, 0.1) is 19.6 Å². The van der Waals surface area contributed by atoms with Crippen LogP contribution in [0, 0.1) is 0 Å². The van der Waals surface area contributed by atoms with Crippen LogP contribution in [0.1, 0.15) is 24.3 Å². The summed E-state index contributed by atoms with van der Waals surface area (Å²) in [6.07, 6.45) is -5.18. The highest BCUT2D eigenvalue weighted by atomic mass is 32.1. The molecule has 21 heavy (non-hydrogen) atoms. The van der Waals surface area contributed by atoms with Gasteiger partial charge in [-0.3, -0.25) is 9.59 Å². The van der Waals surface area contributed by atoms with Gasteiger partial charge in [-0.25, -0.2) is 0 Å². The molecule has 1 rings (SSSR count). The van der Waals surface area contributed by atoms with Gasteiger partial charge in [-0.05, 0) is 18.4 Å². The molecule has 3 N–H and O–H groups in total. The average Bonchev–Trinajstić information content (AvgIpc) is 2.89. The molecule has 0 aromatic carbocycles. The number of carbonyl (C=O) groups is 2. The van der Waals surface area contributed by atoms with Crippen LogP contribution in [0.25, 0.3) is 0 Å². The number of halogens is 3. The summed E-state index contributed by atoms with van der Waals surface area (Å²) in [7, 11) is 1.15. The van der Waals surface area contributed by atoms with Crippen molar-refractivity contribution < 1.29 is 27.5 Å². The molecule has 0 bridgehead atoms. The Kier molecular flexibility index (Phi) is 5.35. The van der Waals surface area contributed by atoms with Crippen molar-refractivity contribution in [2.75, 3.05) is 7.11 Å². The minimum atomic E-state index is -4.90. The number of methoxy groups -OCH3 is 1. The van der Waals surface area contributed by atoms with Crippen LogP contribution in [0.4, 0.5) is 13.2 Å². The maximum atomic E-state index is 12.7. The standard InChI is InChI=1S/C12H15F3N2O3S/c1-11(16,12(13,14)15)10(19)17-7(6-9(18)20-2)8-4-3-5-21-8/h3-5,7H,6,16H2,1-2H3,(H,17,19). The fourth-order valence-corrected chi connectivity index (χ4v) is 2.18. The van der Waals surface area contributed by atoms with Gasteiger partial charge in [-0.15, -0.1) is 11.3 Å². The molecule has 0 spiro atoms.